The Kier molecular flexibility index (Phi) is 7.69. The van der Waals surface area contributed by atoms with Crippen molar-refractivity contribution in [1.29, 1.82) is 0 Å². The highest BCUT2D eigenvalue weighted by molar-refractivity contribution is 7.99. The fraction of sp³-hybridized carbons (Fsp3) is 0.519. The Bertz CT molecular complexity index is 1040. The van der Waals surface area contributed by atoms with Gasteiger partial charge in [0.2, 0.25) is 5.91 Å². The van der Waals surface area contributed by atoms with E-state index in [0.29, 0.717) is 29.6 Å². The summed E-state index contributed by atoms with van der Waals surface area (Å²) in [6.07, 6.45) is 2.24. The molecule has 5 rings (SSSR count). The molecule has 0 N–H and O–H groups in total. The predicted octanol–water partition coefficient (Wildman–Crippen LogP) is 5.19. The van der Waals surface area contributed by atoms with Gasteiger partial charge in [0.1, 0.15) is 6.04 Å². The fourth-order valence-corrected chi connectivity index (χ4v) is 7.19. The van der Waals surface area contributed by atoms with Gasteiger partial charge < -0.3 is 14.8 Å². The maximum atomic E-state index is 13.2. The summed E-state index contributed by atoms with van der Waals surface area (Å²) in [4.78, 5) is 17.3. The lowest BCUT2D eigenvalue weighted by Gasteiger charge is -2.57. The van der Waals surface area contributed by atoms with Gasteiger partial charge in [-0.2, -0.15) is 11.8 Å². The van der Waals surface area contributed by atoms with Crippen molar-refractivity contribution in [3.05, 3.63) is 74.9 Å². The topological polar surface area (TPSA) is 46.6 Å². The summed E-state index contributed by atoms with van der Waals surface area (Å²) in [6.45, 7) is 5.42. The molecule has 0 saturated carbocycles. The van der Waals surface area contributed by atoms with E-state index in [-0.39, 0.29) is 22.0 Å². The van der Waals surface area contributed by atoms with Crippen LogP contribution in [0.25, 0.3) is 0 Å². The highest BCUT2D eigenvalue weighted by Gasteiger charge is 2.44. The van der Waals surface area contributed by atoms with E-state index in [0.717, 1.165) is 68.2 Å². The van der Waals surface area contributed by atoms with E-state index in [4.69, 9.17) is 23.2 Å². The Morgan fingerprint density at radius 3 is 2.51 bits per heavy atom. The molecule has 3 fully saturated rings. The molecule has 0 aromatic heterocycles. The third-order valence-electron chi connectivity index (χ3n) is 8.15. The Balaban J connectivity index is 1.31. The second-order valence-electron chi connectivity index (χ2n) is 10.3. The van der Waals surface area contributed by atoms with Crippen molar-refractivity contribution >= 4 is 40.9 Å². The van der Waals surface area contributed by atoms with Crippen molar-refractivity contribution in [3.63, 3.8) is 0 Å². The summed E-state index contributed by atoms with van der Waals surface area (Å²) in [5, 5.41) is 14.3. The number of thioether (sulfide) groups is 1. The van der Waals surface area contributed by atoms with E-state index in [1.165, 1.54) is 0 Å². The minimum absolute atomic E-state index is 0.0131. The fourth-order valence-electron chi connectivity index (χ4n) is 5.81. The smallest absolute Gasteiger partial charge is 0.222 e. The molecule has 1 amide bonds. The molecule has 35 heavy (non-hydrogen) atoms. The first kappa shape index (κ1) is 25.4. The van der Waals surface area contributed by atoms with Gasteiger partial charge in [-0.1, -0.05) is 59.6 Å². The van der Waals surface area contributed by atoms with Crippen LogP contribution in [0, 0.1) is 5.21 Å². The van der Waals surface area contributed by atoms with E-state index in [1.807, 2.05) is 47.0 Å². The van der Waals surface area contributed by atoms with Gasteiger partial charge in [-0.05, 0) is 42.6 Å². The zero-order chi connectivity index (χ0) is 24.5. The summed E-state index contributed by atoms with van der Waals surface area (Å²) in [5.74, 6) is 2.16. The van der Waals surface area contributed by atoms with Gasteiger partial charge in [0.25, 0.3) is 0 Å². The van der Waals surface area contributed by atoms with Crippen molar-refractivity contribution in [3.8, 4) is 0 Å². The van der Waals surface area contributed by atoms with Crippen LogP contribution in [0.4, 0.5) is 0 Å². The first-order valence-electron chi connectivity index (χ1n) is 12.5. The molecule has 188 valence electrons. The number of quaternary nitrogens is 1. The monoisotopic (exact) mass is 533 g/mol. The second kappa shape index (κ2) is 10.6. The maximum absolute atomic E-state index is 13.2. The van der Waals surface area contributed by atoms with Crippen LogP contribution in [0.2, 0.25) is 10.0 Å². The van der Waals surface area contributed by atoms with Crippen LogP contribution in [0.3, 0.4) is 0 Å². The number of hydroxylamine groups is 3. The van der Waals surface area contributed by atoms with Crippen molar-refractivity contribution in [1.82, 2.24) is 9.80 Å². The average Bonchev–Trinajstić information content (AvgIpc) is 2.83. The molecule has 0 spiro atoms. The number of benzene rings is 2. The van der Waals surface area contributed by atoms with E-state index in [9.17, 15) is 10.0 Å². The lowest BCUT2D eigenvalue weighted by molar-refractivity contribution is -0.907. The number of rotatable bonds is 7. The van der Waals surface area contributed by atoms with Crippen molar-refractivity contribution < 1.29 is 9.44 Å². The van der Waals surface area contributed by atoms with Gasteiger partial charge in [0.15, 0.2) is 0 Å². The van der Waals surface area contributed by atoms with Crippen LogP contribution in [-0.2, 0) is 16.8 Å². The summed E-state index contributed by atoms with van der Waals surface area (Å²) >= 11 is 14.6. The van der Waals surface area contributed by atoms with Crippen molar-refractivity contribution in [2.24, 2.45) is 0 Å². The largest absolute Gasteiger partial charge is 0.632 e. The zero-order valence-electron chi connectivity index (χ0n) is 20.0. The Morgan fingerprint density at radius 2 is 1.80 bits per heavy atom. The highest BCUT2D eigenvalue weighted by Crippen LogP contribution is 2.41. The van der Waals surface area contributed by atoms with Gasteiger partial charge in [0.05, 0.1) is 36.2 Å². The van der Waals surface area contributed by atoms with Crippen LogP contribution in [0.1, 0.15) is 30.4 Å². The molecule has 3 heterocycles. The van der Waals surface area contributed by atoms with E-state index in [1.54, 1.807) is 0 Å². The van der Waals surface area contributed by atoms with Gasteiger partial charge in [-0.25, -0.2) is 0 Å². The Morgan fingerprint density at radius 1 is 1.06 bits per heavy atom. The lowest BCUT2D eigenvalue weighted by atomic mass is 9.71. The molecule has 0 bridgehead atoms. The zero-order valence-corrected chi connectivity index (χ0v) is 22.3. The average molecular weight is 535 g/mol. The quantitative estimate of drug-likeness (QED) is 0.363. The van der Waals surface area contributed by atoms with E-state index >= 15 is 0 Å². The molecule has 0 radical (unpaired) electrons. The molecule has 3 aliphatic heterocycles. The number of nitrogens with zero attached hydrogens (tertiary/aromatic N) is 3. The number of hydrogen-bond donors (Lipinski definition) is 0. The van der Waals surface area contributed by atoms with Crippen molar-refractivity contribution in [2.45, 2.75) is 37.3 Å². The molecule has 3 aliphatic rings. The number of carbonyl (C=O) groups excluding carboxylic acids is 1. The minimum atomic E-state index is -0.187. The predicted molar refractivity (Wildman–Crippen MR) is 145 cm³/mol. The first-order valence-corrected chi connectivity index (χ1v) is 14.4. The maximum Gasteiger partial charge on any atom is 0.222 e. The molecule has 2 aromatic carbocycles. The number of likely N-dealkylation sites (tertiary alicyclic amines) is 2. The number of halogens is 2. The second-order valence-corrected chi connectivity index (χ2v) is 12.4. The number of carbonyl (C=O) groups is 1. The van der Waals surface area contributed by atoms with Crippen LogP contribution in [-0.4, -0.2) is 77.2 Å². The Hall–Kier alpha value is -1.28. The summed E-state index contributed by atoms with van der Waals surface area (Å²) < 4.78 is -0.0131. The van der Waals surface area contributed by atoms with Crippen LogP contribution >= 0.6 is 35.0 Å². The van der Waals surface area contributed by atoms with Gasteiger partial charge in [0, 0.05) is 36.4 Å². The van der Waals surface area contributed by atoms with E-state index < -0.39 is 0 Å². The van der Waals surface area contributed by atoms with Crippen LogP contribution in [0.5, 0.6) is 0 Å². The number of piperidine rings is 1. The van der Waals surface area contributed by atoms with Gasteiger partial charge >= 0.3 is 0 Å². The molecule has 8 heteroatoms. The summed E-state index contributed by atoms with van der Waals surface area (Å²) in [6, 6.07) is 16.3. The van der Waals surface area contributed by atoms with E-state index in [2.05, 4.69) is 23.1 Å². The highest BCUT2D eigenvalue weighted by atomic mass is 35.5. The lowest BCUT2D eigenvalue weighted by Crippen LogP contribution is -2.68. The number of amides is 1. The summed E-state index contributed by atoms with van der Waals surface area (Å²) in [5.41, 5.74) is 2.10. The SMILES string of the molecule is O=C1CCC(CCN2CC([N+]3([O-])CCSCC3)C2)(c2ccc(Cl)c(Cl)c2)CN1Cc1ccccc1. The number of hydrogen-bond acceptors (Lipinski definition) is 4. The molecule has 0 aliphatic carbocycles. The molecular weight excluding hydrogens is 501 g/mol. The molecule has 3 saturated heterocycles. The third-order valence-corrected chi connectivity index (χ3v) is 9.83. The standard InChI is InChI=1S/C27H33Cl2N3O2S/c28-24-7-6-22(16-25(24)29)27(9-8-26(33)31(20-27)17-21-4-2-1-3-5-21)10-11-30-18-23(19-30)32(34)12-14-35-15-13-32/h1-7,16,23H,8-15,17-20H2. The van der Waals surface area contributed by atoms with Crippen molar-refractivity contribution in [2.75, 3.05) is 50.8 Å². The molecule has 2 aromatic rings. The molecule has 5 nitrogen and oxygen atoms in total. The molecule has 1 atom stereocenters. The normalized spacial score (nSPS) is 25.5. The van der Waals surface area contributed by atoms with Crippen LogP contribution in [0.15, 0.2) is 48.5 Å². The molecule has 1 unspecified atom stereocenters. The molecular formula is C27H33Cl2N3O2S. The van der Waals surface area contributed by atoms with Gasteiger partial charge in [-0.15, -0.1) is 0 Å². The van der Waals surface area contributed by atoms with Gasteiger partial charge in [-0.3, -0.25) is 9.69 Å². The Labute approximate surface area is 222 Å². The minimum Gasteiger partial charge on any atom is -0.632 e. The van der Waals surface area contributed by atoms with Crippen LogP contribution < -0.4 is 0 Å². The first-order chi connectivity index (χ1) is 16.9. The third kappa shape index (κ3) is 5.53. The summed E-state index contributed by atoms with van der Waals surface area (Å²) in [7, 11) is 0.